The van der Waals surface area contributed by atoms with Crippen molar-refractivity contribution in [2.75, 3.05) is 0 Å². The molecule has 0 spiro atoms. The second kappa shape index (κ2) is 5.49. The third-order valence-electron chi connectivity index (χ3n) is 1.78. The van der Waals surface area contributed by atoms with E-state index >= 15 is 0 Å². The average Bonchev–Trinajstić information content (AvgIpc) is 2.45. The van der Waals surface area contributed by atoms with E-state index in [2.05, 4.69) is 6.92 Å². The van der Waals surface area contributed by atoms with Crippen LogP contribution in [0.1, 0.15) is 37.5 Å². The minimum absolute atomic E-state index is 0.237. The molecule has 12 heavy (non-hydrogen) atoms. The van der Waals surface area contributed by atoms with Crippen LogP contribution in [0.2, 0.25) is 0 Å². The summed E-state index contributed by atoms with van der Waals surface area (Å²) in [5.41, 5.74) is 0. The highest BCUT2D eigenvalue weighted by atomic mass is 32.2. The van der Waals surface area contributed by atoms with E-state index < -0.39 is 0 Å². The van der Waals surface area contributed by atoms with Crippen LogP contribution in [0, 0.1) is 0 Å². The quantitative estimate of drug-likeness (QED) is 0.670. The number of hydrogen-bond acceptors (Lipinski definition) is 3. The van der Waals surface area contributed by atoms with E-state index in [1.165, 1.54) is 53.2 Å². The minimum Gasteiger partial charge on any atom is -0.265 e. The van der Waals surface area contributed by atoms with Gasteiger partial charge in [0.2, 0.25) is 0 Å². The van der Waals surface area contributed by atoms with E-state index in [1.807, 2.05) is 5.38 Å². The predicted octanol–water partition coefficient (Wildman–Crippen LogP) is 3.29. The van der Waals surface area contributed by atoms with Crippen molar-refractivity contribution in [2.45, 2.75) is 39.0 Å². The lowest BCUT2D eigenvalue weighted by atomic mass is 10.1. The summed E-state index contributed by atoms with van der Waals surface area (Å²) in [6, 6.07) is 0. The van der Waals surface area contributed by atoms with Crippen LogP contribution in [-0.4, -0.2) is 0 Å². The first kappa shape index (κ1) is 9.93. The third-order valence-corrected chi connectivity index (χ3v) is 3.81. The highest BCUT2D eigenvalue weighted by molar-refractivity contribution is 7.26. The molecule has 0 bridgehead atoms. The third kappa shape index (κ3) is 3.50. The van der Waals surface area contributed by atoms with Gasteiger partial charge in [-0.2, -0.15) is 0 Å². The maximum absolute atomic E-state index is 10.8. The minimum atomic E-state index is 0.237. The SMILES string of the molecule is CCCCCCc1csc(=O)s1. The van der Waals surface area contributed by atoms with Gasteiger partial charge >= 0.3 is 0 Å². The Balaban J connectivity index is 2.20. The summed E-state index contributed by atoms with van der Waals surface area (Å²) >= 11 is 2.74. The lowest BCUT2D eigenvalue weighted by molar-refractivity contribution is 0.670. The molecular weight excluding hydrogens is 188 g/mol. The van der Waals surface area contributed by atoms with Crippen molar-refractivity contribution in [2.24, 2.45) is 0 Å². The highest BCUT2D eigenvalue weighted by Gasteiger charge is 1.96. The first-order valence-electron chi connectivity index (χ1n) is 4.40. The van der Waals surface area contributed by atoms with Gasteiger partial charge in [0.05, 0.1) is 0 Å². The fourth-order valence-corrected chi connectivity index (χ4v) is 2.91. The van der Waals surface area contributed by atoms with Crippen molar-refractivity contribution in [1.82, 2.24) is 0 Å². The van der Waals surface area contributed by atoms with E-state index in [-0.39, 0.29) is 4.06 Å². The first-order valence-corrected chi connectivity index (χ1v) is 6.10. The molecular formula is C9H14OS2. The molecule has 0 aliphatic rings. The molecule has 1 heterocycles. The molecule has 0 amide bonds. The van der Waals surface area contributed by atoms with Crippen molar-refractivity contribution in [3.8, 4) is 0 Å². The molecule has 0 fully saturated rings. The van der Waals surface area contributed by atoms with Gasteiger partial charge in [0, 0.05) is 10.3 Å². The van der Waals surface area contributed by atoms with E-state index in [0.717, 1.165) is 6.42 Å². The van der Waals surface area contributed by atoms with Crippen molar-refractivity contribution in [3.05, 3.63) is 19.1 Å². The Bertz CT molecular complexity index is 261. The number of hydrogen-bond donors (Lipinski definition) is 0. The normalized spacial score (nSPS) is 10.4. The monoisotopic (exact) mass is 202 g/mol. The van der Waals surface area contributed by atoms with Gasteiger partial charge in [-0.1, -0.05) is 48.9 Å². The summed E-state index contributed by atoms with van der Waals surface area (Å²) < 4.78 is 0.237. The fraction of sp³-hybridized carbons (Fsp3) is 0.667. The van der Waals surface area contributed by atoms with Gasteiger partial charge in [-0.3, -0.25) is 4.79 Å². The standard InChI is InChI=1S/C9H14OS2/c1-2-3-4-5-6-8-7-11-9(10)12-8/h7H,2-6H2,1H3. The molecule has 0 aliphatic carbocycles. The van der Waals surface area contributed by atoms with Crippen LogP contribution in [0.25, 0.3) is 0 Å². The Hall–Kier alpha value is -0.150. The number of aryl methyl sites for hydroxylation is 1. The molecule has 1 rings (SSSR count). The zero-order valence-electron chi connectivity index (χ0n) is 7.34. The van der Waals surface area contributed by atoms with Gasteiger partial charge in [-0.05, 0) is 12.8 Å². The molecule has 0 saturated carbocycles. The number of rotatable bonds is 5. The molecule has 68 valence electrons. The van der Waals surface area contributed by atoms with Gasteiger partial charge in [0.15, 0.2) is 0 Å². The van der Waals surface area contributed by atoms with Crippen molar-refractivity contribution >= 4 is 22.7 Å². The van der Waals surface area contributed by atoms with E-state index in [0.29, 0.717) is 0 Å². The van der Waals surface area contributed by atoms with Crippen LogP contribution < -0.4 is 4.06 Å². The van der Waals surface area contributed by atoms with E-state index in [1.54, 1.807) is 0 Å². The van der Waals surface area contributed by atoms with Crippen molar-refractivity contribution < 1.29 is 0 Å². The fourth-order valence-electron chi connectivity index (χ4n) is 1.10. The smallest absolute Gasteiger partial charge is 0.265 e. The Labute approximate surface area is 81.1 Å². The Kier molecular flexibility index (Phi) is 4.54. The van der Waals surface area contributed by atoms with Crippen LogP contribution in [0.5, 0.6) is 0 Å². The summed E-state index contributed by atoms with van der Waals surface area (Å²) in [4.78, 5) is 12.1. The first-order chi connectivity index (χ1) is 5.83. The molecule has 1 nitrogen and oxygen atoms in total. The molecule has 0 aliphatic heterocycles. The highest BCUT2D eigenvalue weighted by Crippen LogP contribution is 2.12. The summed E-state index contributed by atoms with van der Waals surface area (Å²) in [6.45, 7) is 2.21. The van der Waals surface area contributed by atoms with Crippen LogP contribution in [0.4, 0.5) is 0 Å². The molecule has 3 heteroatoms. The van der Waals surface area contributed by atoms with Crippen LogP contribution in [0.15, 0.2) is 10.2 Å². The van der Waals surface area contributed by atoms with E-state index in [9.17, 15) is 4.79 Å². The summed E-state index contributed by atoms with van der Waals surface area (Å²) in [6.07, 6.45) is 6.23. The lowest BCUT2D eigenvalue weighted by Gasteiger charge is -1.95. The maximum atomic E-state index is 10.8. The van der Waals surface area contributed by atoms with Gasteiger partial charge in [-0.25, -0.2) is 0 Å². The summed E-state index contributed by atoms with van der Waals surface area (Å²) in [5.74, 6) is 0. The molecule has 0 radical (unpaired) electrons. The topological polar surface area (TPSA) is 17.1 Å². The van der Waals surface area contributed by atoms with Gasteiger partial charge in [-0.15, -0.1) is 0 Å². The Morgan fingerprint density at radius 2 is 2.17 bits per heavy atom. The summed E-state index contributed by atoms with van der Waals surface area (Å²) in [7, 11) is 0. The average molecular weight is 202 g/mol. The molecule has 0 aromatic carbocycles. The predicted molar refractivity (Wildman–Crippen MR) is 56.3 cm³/mol. The zero-order chi connectivity index (χ0) is 8.81. The largest absolute Gasteiger partial charge is 0.287 e. The Morgan fingerprint density at radius 1 is 1.33 bits per heavy atom. The Morgan fingerprint density at radius 3 is 2.75 bits per heavy atom. The molecule has 1 aromatic rings. The van der Waals surface area contributed by atoms with Gasteiger partial charge in [0.1, 0.15) is 0 Å². The maximum Gasteiger partial charge on any atom is 0.287 e. The summed E-state index contributed by atoms with van der Waals surface area (Å²) in [5, 5.41) is 2.00. The lowest BCUT2D eigenvalue weighted by Crippen LogP contribution is -1.82. The molecule has 0 N–H and O–H groups in total. The van der Waals surface area contributed by atoms with Crippen LogP contribution >= 0.6 is 22.7 Å². The van der Waals surface area contributed by atoms with Gasteiger partial charge in [0.25, 0.3) is 4.06 Å². The zero-order valence-corrected chi connectivity index (χ0v) is 8.97. The molecule has 0 unspecified atom stereocenters. The second-order valence-electron chi connectivity index (χ2n) is 2.86. The van der Waals surface area contributed by atoms with Crippen molar-refractivity contribution in [1.29, 1.82) is 0 Å². The van der Waals surface area contributed by atoms with Gasteiger partial charge < -0.3 is 0 Å². The molecule has 0 saturated heterocycles. The number of unbranched alkanes of at least 4 members (excludes halogenated alkanes) is 3. The van der Waals surface area contributed by atoms with Crippen LogP contribution in [-0.2, 0) is 6.42 Å². The second-order valence-corrected chi connectivity index (χ2v) is 5.06. The van der Waals surface area contributed by atoms with Crippen molar-refractivity contribution in [3.63, 3.8) is 0 Å². The molecule has 1 aromatic heterocycles. The van der Waals surface area contributed by atoms with Crippen LogP contribution in [0.3, 0.4) is 0 Å². The van der Waals surface area contributed by atoms with E-state index in [4.69, 9.17) is 0 Å². The molecule has 0 atom stereocenters.